The van der Waals surface area contributed by atoms with Crippen molar-refractivity contribution in [2.75, 3.05) is 20.5 Å². The van der Waals surface area contributed by atoms with Crippen LogP contribution in [0.1, 0.15) is 40.2 Å². The largest absolute Gasteiger partial charge is 0.495 e. The summed E-state index contributed by atoms with van der Waals surface area (Å²) in [5.41, 5.74) is 0.919. The van der Waals surface area contributed by atoms with Crippen LogP contribution in [-0.2, 0) is 20.5 Å². The fraction of sp³-hybridized carbons (Fsp3) is 0.524. The molecule has 3 rings (SSSR count). The van der Waals surface area contributed by atoms with Crippen LogP contribution in [-0.4, -0.2) is 33.2 Å². The van der Waals surface area contributed by atoms with Crippen molar-refractivity contribution in [1.29, 1.82) is 0 Å². The van der Waals surface area contributed by atoms with Crippen molar-refractivity contribution in [2.24, 2.45) is 5.41 Å². The normalized spacial score (nSPS) is 18.7. The maximum Gasteiger partial charge on any atom is 0.495 e. The summed E-state index contributed by atoms with van der Waals surface area (Å²) < 4.78 is 37.6. The molecule has 6 heteroatoms. The van der Waals surface area contributed by atoms with Crippen LogP contribution in [0.4, 0.5) is 4.39 Å². The molecule has 0 atom stereocenters. The van der Waals surface area contributed by atoms with Crippen molar-refractivity contribution in [3.05, 3.63) is 35.6 Å². The number of ether oxygens (including phenoxy) is 2. The summed E-state index contributed by atoms with van der Waals surface area (Å²) in [5.74, 6) is 0.426. The van der Waals surface area contributed by atoms with Gasteiger partial charge < -0.3 is 18.8 Å². The third-order valence-corrected chi connectivity index (χ3v) is 5.75. The van der Waals surface area contributed by atoms with Gasteiger partial charge in [-0.25, -0.2) is 4.39 Å². The molecule has 0 bridgehead atoms. The molecule has 1 aliphatic rings. The summed E-state index contributed by atoms with van der Waals surface area (Å²) in [6, 6.07) is 7.04. The molecule has 0 aliphatic carbocycles. The molecule has 0 amide bonds. The molecule has 0 N–H and O–H groups in total. The molecule has 1 heterocycles. The summed E-state index contributed by atoms with van der Waals surface area (Å²) in [6.45, 7) is 11.0. The van der Waals surface area contributed by atoms with E-state index in [0.717, 1.165) is 16.2 Å². The maximum absolute atomic E-state index is 14.5. The van der Waals surface area contributed by atoms with E-state index in [9.17, 15) is 4.39 Å². The molecule has 1 saturated heterocycles. The molecule has 146 valence electrons. The molecule has 0 unspecified atom stereocenters. The molecule has 27 heavy (non-hydrogen) atoms. The average molecular weight is 374 g/mol. The zero-order valence-electron chi connectivity index (χ0n) is 17.0. The van der Waals surface area contributed by atoms with E-state index in [2.05, 4.69) is 27.7 Å². The summed E-state index contributed by atoms with van der Waals surface area (Å²) >= 11 is 0. The fourth-order valence-electron chi connectivity index (χ4n) is 3.34. The van der Waals surface area contributed by atoms with Crippen LogP contribution in [0.25, 0.3) is 10.8 Å². The monoisotopic (exact) mass is 374 g/mol. The van der Waals surface area contributed by atoms with Crippen LogP contribution < -0.4 is 10.2 Å². The summed E-state index contributed by atoms with van der Waals surface area (Å²) in [6.07, 6.45) is 0.579. The van der Waals surface area contributed by atoms with E-state index in [1.165, 1.54) is 6.07 Å². The Kier molecular flexibility index (Phi) is 5.53. The quantitative estimate of drug-likeness (QED) is 0.584. The van der Waals surface area contributed by atoms with Gasteiger partial charge in [-0.3, -0.25) is 0 Å². The average Bonchev–Trinajstić information content (AvgIpc) is 2.61. The Morgan fingerprint density at radius 1 is 1.19 bits per heavy atom. The van der Waals surface area contributed by atoms with Crippen molar-refractivity contribution >= 4 is 23.4 Å². The maximum atomic E-state index is 14.5. The summed E-state index contributed by atoms with van der Waals surface area (Å²) in [7, 11) is 0.985. The lowest BCUT2D eigenvalue weighted by atomic mass is 9.67. The van der Waals surface area contributed by atoms with Crippen molar-refractivity contribution < 1.29 is 23.2 Å². The zero-order chi connectivity index (χ0) is 19.8. The molecule has 4 nitrogen and oxygen atoms in total. The Balaban J connectivity index is 2.15. The highest BCUT2D eigenvalue weighted by Crippen LogP contribution is 2.39. The molecule has 0 spiro atoms. The van der Waals surface area contributed by atoms with Crippen LogP contribution in [0.15, 0.2) is 24.3 Å². The highest BCUT2D eigenvalue weighted by atomic mass is 19.1. The number of benzene rings is 2. The van der Waals surface area contributed by atoms with Crippen LogP contribution in [0.3, 0.4) is 0 Å². The van der Waals surface area contributed by atoms with E-state index in [1.54, 1.807) is 13.2 Å². The first-order chi connectivity index (χ1) is 12.7. The number of methoxy groups -OCH3 is 1. The minimum atomic E-state index is -0.589. The molecular formula is C21H28BFO4. The number of fused-ring (bicyclic) bond motifs is 1. The van der Waals surface area contributed by atoms with Gasteiger partial charge in [-0.1, -0.05) is 26.8 Å². The molecule has 1 aliphatic heterocycles. The summed E-state index contributed by atoms with van der Waals surface area (Å²) in [5, 5.41) is 1.73. The van der Waals surface area contributed by atoms with Gasteiger partial charge in [0.25, 0.3) is 0 Å². The molecule has 0 saturated carbocycles. The molecular weight excluding hydrogens is 346 g/mol. The highest BCUT2D eigenvalue weighted by Gasteiger charge is 2.47. The van der Waals surface area contributed by atoms with E-state index < -0.39 is 12.7 Å². The SMILES string of the molecule is CCc1c(F)ccc2cc(OCOC)cc(B3OCC(C)(C)C(C)(C)O3)c12. The van der Waals surface area contributed by atoms with Crippen molar-refractivity contribution in [3.8, 4) is 5.75 Å². The van der Waals surface area contributed by atoms with Crippen LogP contribution in [0.5, 0.6) is 5.75 Å². The number of rotatable bonds is 5. The van der Waals surface area contributed by atoms with Gasteiger partial charge in [0.2, 0.25) is 0 Å². The smallest absolute Gasteiger partial charge is 0.468 e. The van der Waals surface area contributed by atoms with Crippen molar-refractivity contribution in [3.63, 3.8) is 0 Å². The fourth-order valence-corrected chi connectivity index (χ4v) is 3.34. The van der Waals surface area contributed by atoms with Crippen molar-refractivity contribution in [2.45, 2.75) is 46.6 Å². The molecule has 0 radical (unpaired) electrons. The van der Waals surface area contributed by atoms with E-state index >= 15 is 0 Å². The lowest BCUT2D eigenvalue weighted by Gasteiger charge is -2.47. The number of hydrogen-bond donors (Lipinski definition) is 0. The van der Waals surface area contributed by atoms with E-state index in [0.29, 0.717) is 24.3 Å². The second-order valence-electron chi connectivity index (χ2n) is 8.20. The Bertz CT molecular complexity index is 835. The minimum absolute atomic E-state index is 0.137. The van der Waals surface area contributed by atoms with Crippen LogP contribution in [0, 0.1) is 11.2 Å². The second-order valence-corrected chi connectivity index (χ2v) is 8.20. The third-order valence-electron chi connectivity index (χ3n) is 5.75. The molecule has 1 fully saturated rings. The Morgan fingerprint density at radius 3 is 2.56 bits per heavy atom. The van der Waals surface area contributed by atoms with Gasteiger partial charge in [0.05, 0.1) is 5.60 Å². The minimum Gasteiger partial charge on any atom is -0.468 e. The zero-order valence-corrected chi connectivity index (χ0v) is 17.0. The molecule has 0 aromatic heterocycles. The number of aryl methyl sites for hydroxylation is 1. The molecule has 2 aromatic carbocycles. The van der Waals surface area contributed by atoms with Crippen LogP contribution >= 0.6 is 0 Å². The van der Waals surface area contributed by atoms with Gasteiger partial charge in [0.1, 0.15) is 11.6 Å². The van der Waals surface area contributed by atoms with Gasteiger partial charge in [0, 0.05) is 19.1 Å². The first kappa shape index (κ1) is 20.1. The van der Waals surface area contributed by atoms with E-state index in [1.807, 2.05) is 19.1 Å². The predicted octanol–water partition coefficient (Wildman–Crippen LogP) is 4.07. The predicted molar refractivity (Wildman–Crippen MR) is 106 cm³/mol. The highest BCUT2D eigenvalue weighted by molar-refractivity contribution is 6.65. The van der Waals surface area contributed by atoms with Gasteiger partial charge in [-0.2, -0.15) is 0 Å². The standard InChI is InChI=1S/C21H28BFO4/c1-7-16-18(23)9-8-14-10-15(25-13-24-6)11-17(19(14)16)22-26-12-20(2,3)21(4,5)27-22/h8-11H,7,12-13H2,1-6H3. The Hall–Kier alpha value is -1.63. The lowest BCUT2D eigenvalue weighted by molar-refractivity contribution is -0.0936. The van der Waals surface area contributed by atoms with Crippen molar-refractivity contribution in [1.82, 2.24) is 0 Å². The topological polar surface area (TPSA) is 36.9 Å². The first-order valence-corrected chi connectivity index (χ1v) is 9.36. The number of halogens is 1. The Morgan fingerprint density at radius 2 is 1.93 bits per heavy atom. The Labute approximate surface area is 161 Å². The van der Waals surface area contributed by atoms with Gasteiger partial charge >= 0.3 is 7.12 Å². The van der Waals surface area contributed by atoms with Crippen LogP contribution in [0.2, 0.25) is 0 Å². The van der Waals surface area contributed by atoms with E-state index in [4.69, 9.17) is 18.8 Å². The lowest BCUT2D eigenvalue weighted by Crippen LogP contribution is -2.58. The van der Waals surface area contributed by atoms with E-state index in [-0.39, 0.29) is 18.0 Å². The summed E-state index contributed by atoms with van der Waals surface area (Å²) in [4.78, 5) is 0. The number of hydrogen-bond acceptors (Lipinski definition) is 4. The molecule has 2 aromatic rings. The van der Waals surface area contributed by atoms with Gasteiger partial charge in [-0.05, 0) is 60.3 Å². The second kappa shape index (κ2) is 7.42. The van der Waals surface area contributed by atoms with Gasteiger partial charge in [-0.15, -0.1) is 0 Å². The first-order valence-electron chi connectivity index (χ1n) is 9.36. The third kappa shape index (κ3) is 3.71. The van der Waals surface area contributed by atoms with Gasteiger partial charge in [0.15, 0.2) is 6.79 Å².